The molecule has 0 aliphatic heterocycles. The minimum absolute atomic E-state index is 0. The van der Waals surface area contributed by atoms with Crippen LogP contribution in [0.25, 0.3) is 10.9 Å². The van der Waals surface area contributed by atoms with E-state index < -0.39 is 0 Å². The average molecular weight is 324 g/mol. The Morgan fingerprint density at radius 1 is 1.00 bits per heavy atom. The first-order valence-corrected chi connectivity index (χ1v) is 7.22. The number of aromatic nitrogens is 1. The lowest BCUT2D eigenvalue weighted by molar-refractivity contribution is 1.33. The van der Waals surface area contributed by atoms with Crippen LogP contribution in [0.1, 0.15) is 22.3 Å². The molecule has 0 aliphatic rings. The zero-order chi connectivity index (χ0) is 15.7. The van der Waals surface area contributed by atoms with Crippen LogP contribution in [0.2, 0.25) is 0 Å². The third-order valence-corrected chi connectivity index (χ3v) is 3.92. The van der Waals surface area contributed by atoms with E-state index in [1.54, 1.807) is 6.20 Å². The van der Waals surface area contributed by atoms with Crippen LogP contribution >= 0.6 is 12.4 Å². The summed E-state index contributed by atoms with van der Waals surface area (Å²) in [6.45, 7) is 6.21. The van der Waals surface area contributed by atoms with Gasteiger partial charge in [-0.05, 0) is 56.2 Å². The van der Waals surface area contributed by atoms with Crippen LogP contribution < -0.4 is 5.32 Å². The average Bonchev–Trinajstić information content (AvgIpc) is 2.51. The second kappa shape index (κ2) is 6.68. The zero-order valence-corrected chi connectivity index (χ0v) is 14.2. The van der Waals surface area contributed by atoms with E-state index in [0.717, 1.165) is 27.8 Å². The van der Waals surface area contributed by atoms with Gasteiger partial charge in [0.05, 0.1) is 16.8 Å². The maximum atomic E-state index is 9.39. The highest BCUT2D eigenvalue weighted by Gasteiger charge is 2.10. The normalized spacial score (nSPS) is 10.0. The SMILES string of the molecule is Cc1ccc2ncc(C#N)c(Nc3ccc(C)c(C)c3)c2c1.Cl. The molecule has 0 bridgehead atoms. The summed E-state index contributed by atoms with van der Waals surface area (Å²) in [6.07, 6.45) is 1.63. The number of nitrogens with one attached hydrogen (secondary N) is 1. The molecule has 116 valence electrons. The fourth-order valence-corrected chi connectivity index (χ4v) is 2.49. The molecule has 23 heavy (non-hydrogen) atoms. The summed E-state index contributed by atoms with van der Waals surface area (Å²) in [5.41, 5.74) is 6.85. The highest BCUT2D eigenvalue weighted by Crippen LogP contribution is 2.30. The predicted molar refractivity (Wildman–Crippen MR) is 97.6 cm³/mol. The third-order valence-electron chi connectivity index (χ3n) is 3.92. The van der Waals surface area contributed by atoms with Gasteiger partial charge in [0.15, 0.2) is 0 Å². The van der Waals surface area contributed by atoms with Crippen LogP contribution in [0.4, 0.5) is 11.4 Å². The molecule has 1 heterocycles. The summed E-state index contributed by atoms with van der Waals surface area (Å²) in [7, 11) is 0. The number of halogens is 1. The summed E-state index contributed by atoms with van der Waals surface area (Å²) in [4.78, 5) is 4.36. The molecule has 0 aliphatic carbocycles. The van der Waals surface area contributed by atoms with Crippen LogP contribution in [0.15, 0.2) is 42.6 Å². The van der Waals surface area contributed by atoms with Crippen LogP contribution in [-0.4, -0.2) is 4.98 Å². The minimum atomic E-state index is 0. The standard InChI is InChI=1S/C19H17N3.ClH/c1-12-4-7-18-17(8-12)19(15(10-20)11-21-18)22-16-6-5-13(2)14(3)9-16;/h4-9,11H,1-3H3,(H,21,22);1H. The molecule has 0 amide bonds. The molecular weight excluding hydrogens is 306 g/mol. The molecule has 4 heteroatoms. The molecule has 0 saturated carbocycles. The molecule has 0 saturated heterocycles. The van der Waals surface area contributed by atoms with E-state index in [1.165, 1.54) is 11.1 Å². The summed E-state index contributed by atoms with van der Waals surface area (Å²) in [5.74, 6) is 0. The van der Waals surface area contributed by atoms with Crippen molar-refractivity contribution >= 4 is 34.7 Å². The number of fused-ring (bicyclic) bond motifs is 1. The maximum Gasteiger partial charge on any atom is 0.103 e. The van der Waals surface area contributed by atoms with Gasteiger partial charge in [0.1, 0.15) is 6.07 Å². The lowest BCUT2D eigenvalue weighted by Gasteiger charge is -2.13. The molecule has 0 radical (unpaired) electrons. The van der Waals surface area contributed by atoms with Crippen molar-refractivity contribution in [2.75, 3.05) is 5.32 Å². The smallest absolute Gasteiger partial charge is 0.103 e. The van der Waals surface area contributed by atoms with E-state index in [-0.39, 0.29) is 12.4 Å². The van der Waals surface area contributed by atoms with Crippen LogP contribution in [-0.2, 0) is 0 Å². The highest BCUT2D eigenvalue weighted by molar-refractivity contribution is 5.96. The number of hydrogen-bond acceptors (Lipinski definition) is 3. The van der Waals surface area contributed by atoms with Crippen LogP contribution in [0.3, 0.4) is 0 Å². The van der Waals surface area contributed by atoms with E-state index in [1.807, 2.05) is 25.1 Å². The number of nitriles is 1. The third kappa shape index (κ3) is 3.28. The minimum Gasteiger partial charge on any atom is -0.354 e. The maximum absolute atomic E-state index is 9.39. The Labute approximate surface area is 142 Å². The Morgan fingerprint density at radius 2 is 1.78 bits per heavy atom. The van der Waals surface area contributed by atoms with Crippen molar-refractivity contribution in [3.63, 3.8) is 0 Å². The topological polar surface area (TPSA) is 48.7 Å². The van der Waals surface area contributed by atoms with Gasteiger partial charge in [-0.1, -0.05) is 17.7 Å². The Hall–Kier alpha value is -2.57. The summed E-state index contributed by atoms with van der Waals surface area (Å²) >= 11 is 0. The van der Waals surface area contributed by atoms with Crippen molar-refractivity contribution in [2.45, 2.75) is 20.8 Å². The first kappa shape index (κ1) is 16.8. The number of anilines is 2. The van der Waals surface area contributed by atoms with E-state index in [0.29, 0.717) is 5.56 Å². The number of rotatable bonds is 2. The van der Waals surface area contributed by atoms with Gasteiger partial charge in [0, 0.05) is 17.3 Å². The quantitative estimate of drug-likeness (QED) is 0.705. The van der Waals surface area contributed by atoms with E-state index in [4.69, 9.17) is 0 Å². The molecule has 3 nitrogen and oxygen atoms in total. The van der Waals surface area contributed by atoms with Gasteiger partial charge in [-0.3, -0.25) is 4.98 Å². The lowest BCUT2D eigenvalue weighted by atomic mass is 10.1. The van der Waals surface area contributed by atoms with Crippen molar-refractivity contribution in [3.8, 4) is 6.07 Å². The molecule has 0 spiro atoms. The molecule has 2 aromatic carbocycles. The fourth-order valence-electron chi connectivity index (χ4n) is 2.49. The number of aryl methyl sites for hydroxylation is 3. The van der Waals surface area contributed by atoms with Gasteiger partial charge in [0.25, 0.3) is 0 Å². The van der Waals surface area contributed by atoms with Crippen LogP contribution in [0, 0.1) is 32.1 Å². The molecule has 0 atom stereocenters. The second-order valence-electron chi connectivity index (χ2n) is 5.60. The number of hydrogen-bond donors (Lipinski definition) is 1. The number of pyridine rings is 1. The van der Waals surface area contributed by atoms with Gasteiger partial charge in [0.2, 0.25) is 0 Å². The predicted octanol–water partition coefficient (Wildman–Crippen LogP) is 5.20. The largest absolute Gasteiger partial charge is 0.354 e. The van der Waals surface area contributed by atoms with Gasteiger partial charge in [-0.15, -0.1) is 12.4 Å². The van der Waals surface area contributed by atoms with E-state index >= 15 is 0 Å². The van der Waals surface area contributed by atoms with Crippen molar-refractivity contribution in [2.24, 2.45) is 0 Å². The Balaban J connectivity index is 0.00000192. The highest BCUT2D eigenvalue weighted by atomic mass is 35.5. The molecule has 0 unspecified atom stereocenters. The van der Waals surface area contributed by atoms with Crippen molar-refractivity contribution in [1.29, 1.82) is 5.26 Å². The van der Waals surface area contributed by atoms with Gasteiger partial charge in [-0.2, -0.15) is 5.26 Å². The van der Waals surface area contributed by atoms with Crippen LogP contribution in [0.5, 0.6) is 0 Å². The Kier molecular flexibility index (Phi) is 4.88. The van der Waals surface area contributed by atoms with E-state index in [9.17, 15) is 5.26 Å². The molecule has 3 rings (SSSR count). The lowest BCUT2D eigenvalue weighted by Crippen LogP contribution is -1.98. The summed E-state index contributed by atoms with van der Waals surface area (Å²) < 4.78 is 0. The second-order valence-corrected chi connectivity index (χ2v) is 5.60. The molecule has 1 N–H and O–H groups in total. The van der Waals surface area contributed by atoms with Gasteiger partial charge in [-0.25, -0.2) is 0 Å². The first-order valence-electron chi connectivity index (χ1n) is 7.22. The molecular formula is C19H18ClN3. The molecule has 0 fully saturated rings. The number of benzene rings is 2. The van der Waals surface area contributed by atoms with Crippen molar-refractivity contribution < 1.29 is 0 Å². The number of nitrogens with zero attached hydrogens (tertiary/aromatic N) is 2. The Morgan fingerprint density at radius 3 is 2.48 bits per heavy atom. The molecule has 3 aromatic rings. The first-order chi connectivity index (χ1) is 10.6. The van der Waals surface area contributed by atoms with Crippen molar-refractivity contribution in [1.82, 2.24) is 4.98 Å². The van der Waals surface area contributed by atoms with E-state index in [2.05, 4.69) is 48.4 Å². The van der Waals surface area contributed by atoms with Crippen molar-refractivity contribution in [3.05, 3.63) is 64.8 Å². The Bertz CT molecular complexity index is 910. The van der Waals surface area contributed by atoms with Gasteiger partial charge < -0.3 is 5.32 Å². The monoisotopic (exact) mass is 323 g/mol. The van der Waals surface area contributed by atoms with Gasteiger partial charge >= 0.3 is 0 Å². The summed E-state index contributed by atoms with van der Waals surface area (Å²) in [5, 5.41) is 13.8. The summed E-state index contributed by atoms with van der Waals surface area (Å²) in [6, 6.07) is 14.5. The molecule has 1 aromatic heterocycles. The zero-order valence-electron chi connectivity index (χ0n) is 13.3. The fraction of sp³-hybridized carbons (Fsp3) is 0.158.